The van der Waals surface area contributed by atoms with Gasteiger partial charge in [-0.25, -0.2) is 4.79 Å². The van der Waals surface area contributed by atoms with E-state index >= 15 is 0 Å². The summed E-state index contributed by atoms with van der Waals surface area (Å²) >= 11 is 0. The molecule has 5 nitrogen and oxygen atoms in total. The standard InChI is InChI=1S/C13H13NO4/c1-2-17-8-18-11-7-14-10-6-4-3-5-9(10)12(11)13(15)16/h3-7H,2,8H2,1H3,(H,15,16). The first-order valence-corrected chi connectivity index (χ1v) is 5.55. The van der Waals surface area contributed by atoms with E-state index in [0.29, 0.717) is 17.5 Å². The Morgan fingerprint density at radius 2 is 2.17 bits per heavy atom. The summed E-state index contributed by atoms with van der Waals surface area (Å²) in [6, 6.07) is 7.04. The number of ether oxygens (including phenoxy) is 2. The molecule has 2 rings (SSSR count). The Kier molecular flexibility index (Phi) is 3.74. The van der Waals surface area contributed by atoms with Crippen LogP contribution < -0.4 is 4.74 Å². The van der Waals surface area contributed by atoms with Gasteiger partial charge >= 0.3 is 5.97 Å². The predicted octanol–water partition coefficient (Wildman–Crippen LogP) is 2.31. The Morgan fingerprint density at radius 1 is 1.39 bits per heavy atom. The average Bonchev–Trinajstić information content (AvgIpc) is 2.38. The number of carboxylic acid groups (broad SMARTS) is 1. The van der Waals surface area contributed by atoms with Crippen molar-refractivity contribution in [3.05, 3.63) is 36.0 Å². The summed E-state index contributed by atoms with van der Waals surface area (Å²) < 4.78 is 10.3. The lowest BCUT2D eigenvalue weighted by Gasteiger charge is -2.10. The highest BCUT2D eigenvalue weighted by Crippen LogP contribution is 2.26. The molecule has 0 unspecified atom stereocenters. The summed E-state index contributed by atoms with van der Waals surface area (Å²) in [5, 5.41) is 9.83. The molecule has 1 aromatic heterocycles. The first-order chi connectivity index (χ1) is 8.74. The molecule has 2 aromatic rings. The molecule has 1 N–H and O–H groups in total. The molecule has 0 radical (unpaired) electrons. The maximum Gasteiger partial charge on any atom is 0.340 e. The molecule has 94 valence electrons. The molecule has 0 aliphatic rings. The van der Waals surface area contributed by atoms with Gasteiger partial charge in [0.05, 0.1) is 11.7 Å². The van der Waals surface area contributed by atoms with Crippen molar-refractivity contribution in [1.82, 2.24) is 4.98 Å². The molecule has 0 atom stereocenters. The quantitative estimate of drug-likeness (QED) is 0.648. The Balaban J connectivity index is 2.46. The van der Waals surface area contributed by atoms with Crippen molar-refractivity contribution in [2.24, 2.45) is 0 Å². The first-order valence-electron chi connectivity index (χ1n) is 5.55. The SMILES string of the molecule is CCOCOc1cnc2ccccc2c1C(=O)O. The van der Waals surface area contributed by atoms with E-state index in [0.717, 1.165) is 0 Å². The Morgan fingerprint density at radius 3 is 2.89 bits per heavy atom. The van der Waals surface area contributed by atoms with Gasteiger partial charge in [-0.2, -0.15) is 0 Å². The predicted molar refractivity (Wildman–Crippen MR) is 65.8 cm³/mol. The van der Waals surface area contributed by atoms with Gasteiger partial charge in [-0.1, -0.05) is 18.2 Å². The highest BCUT2D eigenvalue weighted by Gasteiger charge is 2.16. The lowest BCUT2D eigenvalue weighted by atomic mass is 10.1. The fraction of sp³-hybridized carbons (Fsp3) is 0.231. The van der Waals surface area contributed by atoms with Gasteiger partial charge in [-0.15, -0.1) is 0 Å². The van der Waals surface area contributed by atoms with E-state index in [2.05, 4.69) is 4.98 Å². The molecular weight excluding hydrogens is 234 g/mol. The number of nitrogens with zero attached hydrogens (tertiary/aromatic N) is 1. The number of aromatic carboxylic acids is 1. The zero-order valence-corrected chi connectivity index (χ0v) is 9.92. The fourth-order valence-electron chi connectivity index (χ4n) is 1.64. The minimum absolute atomic E-state index is 0.0107. The van der Waals surface area contributed by atoms with Gasteiger partial charge < -0.3 is 14.6 Å². The van der Waals surface area contributed by atoms with Crippen LogP contribution in [0.25, 0.3) is 10.9 Å². The van der Waals surface area contributed by atoms with Crippen LogP contribution in [-0.4, -0.2) is 29.5 Å². The van der Waals surface area contributed by atoms with Crippen molar-refractivity contribution in [3.63, 3.8) is 0 Å². The molecular formula is C13H13NO4. The minimum atomic E-state index is -1.04. The Labute approximate surface area is 104 Å². The molecule has 0 saturated heterocycles. The summed E-state index contributed by atoms with van der Waals surface area (Å²) in [6.07, 6.45) is 1.41. The van der Waals surface area contributed by atoms with Crippen LogP contribution >= 0.6 is 0 Å². The van der Waals surface area contributed by atoms with Gasteiger partial charge in [0.15, 0.2) is 12.5 Å². The molecule has 0 fully saturated rings. The second-order valence-electron chi connectivity index (χ2n) is 3.57. The normalized spacial score (nSPS) is 10.5. The third-order valence-corrected chi connectivity index (χ3v) is 2.46. The lowest BCUT2D eigenvalue weighted by molar-refractivity contribution is 0.0213. The molecule has 0 aliphatic carbocycles. The number of benzene rings is 1. The zero-order chi connectivity index (χ0) is 13.0. The van der Waals surface area contributed by atoms with Gasteiger partial charge in [-0.05, 0) is 13.0 Å². The maximum absolute atomic E-state index is 11.3. The summed E-state index contributed by atoms with van der Waals surface area (Å²) in [4.78, 5) is 15.5. The summed E-state index contributed by atoms with van der Waals surface area (Å²) in [5.41, 5.74) is 0.735. The largest absolute Gasteiger partial charge is 0.478 e. The van der Waals surface area contributed by atoms with Crippen LogP contribution in [0.15, 0.2) is 30.5 Å². The van der Waals surface area contributed by atoms with Crippen LogP contribution in [0.4, 0.5) is 0 Å². The number of hydrogen-bond donors (Lipinski definition) is 1. The smallest absolute Gasteiger partial charge is 0.340 e. The third kappa shape index (κ3) is 2.41. The van der Waals surface area contributed by atoms with Crippen molar-refractivity contribution < 1.29 is 19.4 Å². The summed E-state index contributed by atoms with van der Waals surface area (Å²) in [5.74, 6) is -0.824. The van der Waals surface area contributed by atoms with E-state index in [1.54, 1.807) is 18.2 Å². The van der Waals surface area contributed by atoms with Gasteiger partial charge in [0.25, 0.3) is 0 Å². The van der Waals surface area contributed by atoms with E-state index in [1.165, 1.54) is 6.20 Å². The van der Waals surface area contributed by atoms with E-state index in [1.807, 2.05) is 13.0 Å². The molecule has 0 saturated carbocycles. The van der Waals surface area contributed by atoms with Gasteiger partial charge in [0, 0.05) is 12.0 Å². The van der Waals surface area contributed by atoms with Crippen molar-refractivity contribution in [1.29, 1.82) is 0 Å². The van der Waals surface area contributed by atoms with Crippen LogP contribution in [0.3, 0.4) is 0 Å². The zero-order valence-electron chi connectivity index (χ0n) is 9.92. The van der Waals surface area contributed by atoms with Crippen molar-refractivity contribution in [2.75, 3.05) is 13.4 Å². The van der Waals surface area contributed by atoms with Crippen molar-refractivity contribution >= 4 is 16.9 Å². The lowest BCUT2D eigenvalue weighted by Crippen LogP contribution is -2.08. The monoisotopic (exact) mass is 247 g/mol. The number of hydrogen-bond acceptors (Lipinski definition) is 4. The maximum atomic E-state index is 11.3. The molecule has 0 amide bonds. The van der Waals surface area contributed by atoms with E-state index in [4.69, 9.17) is 9.47 Å². The average molecular weight is 247 g/mol. The molecule has 0 spiro atoms. The molecule has 0 aliphatic heterocycles. The Bertz CT molecular complexity index is 568. The molecule has 1 aromatic carbocycles. The number of fused-ring (bicyclic) bond motifs is 1. The van der Waals surface area contributed by atoms with Gasteiger partial charge in [0.1, 0.15) is 5.56 Å². The minimum Gasteiger partial charge on any atom is -0.478 e. The topological polar surface area (TPSA) is 68.7 Å². The highest BCUT2D eigenvalue weighted by molar-refractivity contribution is 6.04. The first kappa shape index (κ1) is 12.3. The van der Waals surface area contributed by atoms with Crippen LogP contribution in [0.1, 0.15) is 17.3 Å². The van der Waals surface area contributed by atoms with Gasteiger partial charge in [-0.3, -0.25) is 4.98 Å². The summed E-state index contributed by atoms with van der Waals surface area (Å²) in [7, 11) is 0. The molecule has 5 heteroatoms. The molecule has 18 heavy (non-hydrogen) atoms. The number of para-hydroxylation sites is 1. The number of pyridine rings is 1. The second-order valence-corrected chi connectivity index (χ2v) is 3.57. The number of carboxylic acids is 1. The van der Waals surface area contributed by atoms with E-state index < -0.39 is 5.97 Å². The van der Waals surface area contributed by atoms with E-state index in [-0.39, 0.29) is 18.1 Å². The van der Waals surface area contributed by atoms with Crippen molar-refractivity contribution in [2.45, 2.75) is 6.92 Å². The number of rotatable bonds is 5. The number of carbonyl (C=O) groups is 1. The molecule has 0 bridgehead atoms. The van der Waals surface area contributed by atoms with Crippen molar-refractivity contribution in [3.8, 4) is 5.75 Å². The third-order valence-electron chi connectivity index (χ3n) is 2.46. The van der Waals surface area contributed by atoms with Gasteiger partial charge in [0.2, 0.25) is 0 Å². The van der Waals surface area contributed by atoms with Crippen LogP contribution in [0.2, 0.25) is 0 Å². The Hall–Kier alpha value is -2.14. The number of aromatic nitrogens is 1. The fourth-order valence-corrected chi connectivity index (χ4v) is 1.64. The second kappa shape index (κ2) is 5.46. The van der Waals surface area contributed by atoms with E-state index in [9.17, 15) is 9.90 Å². The highest BCUT2D eigenvalue weighted by atomic mass is 16.7. The van der Waals surface area contributed by atoms with Crippen LogP contribution in [0, 0.1) is 0 Å². The molecule has 1 heterocycles. The van der Waals surface area contributed by atoms with Crippen LogP contribution in [0.5, 0.6) is 5.75 Å². The summed E-state index contributed by atoms with van der Waals surface area (Å²) in [6.45, 7) is 2.35. The van der Waals surface area contributed by atoms with Crippen LogP contribution in [-0.2, 0) is 4.74 Å².